The Morgan fingerprint density at radius 1 is 1.24 bits per heavy atom. The van der Waals surface area contributed by atoms with Crippen molar-refractivity contribution < 1.29 is 14.3 Å². The Hall–Kier alpha value is -2.91. The number of nitrogens with one attached hydrogen (secondary N) is 2. The maximum Gasteiger partial charge on any atom is 0.254 e. The second kappa shape index (κ2) is 10.7. The number of hydrogen-bond acceptors (Lipinski definition) is 6. The Morgan fingerprint density at radius 3 is 2.66 bits per heavy atom. The molecule has 38 heavy (non-hydrogen) atoms. The lowest BCUT2D eigenvalue weighted by molar-refractivity contribution is -0.123. The average Bonchev–Trinajstić information content (AvgIpc) is 3.54. The van der Waals surface area contributed by atoms with E-state index in [0.29, 0.717) is 39.1 Å². The van der Waals surface area contributed by atoms with Crippen LogP contribution in [0.2, 0.25) is 5.02 Å². The number of nitrogens with zero attached hydrogens (tertiary/aromatic N) is 2. The Bertz CT molecular complexity index is 1400. The maximum absolute atomic E-state index is 13.2. The number of aromatic amines is 1. The molecule has 1 amide bonds. The molecule has 10 heteroatoms. The minimum atomic E-state index is -0.842. The van der Waals surface area contributed by atoms with Gasteiger partial charge in [-0.1, -0.05) is 11.6 Å². The first-order valence-corrected chi connectivity index (χ1v) is 14.5. The molecule has 2 N–H and O–H groups in total. The molecule has 0 radical (unpaired) electrons. The number of H-pyrrole nitrogens is 1. The Morgan fingerprint density at radius 2 is 1.97 bits per heavy atom. The van der Waals surface area contributed by atoms with E-state index in [2.05, 4.69) is 15.4 Å². The highest BCUT2D eigenvalue weighted by Gasteiger charge is 2.47. The number of ether oxygens (including phenoxy) is 2. The van der Waals surface area contributed by atoms with Crippen LogP contribution in [0, 0.1) is 25.7 Å². The van der Waals surface area contributed by atoms with Crippen LogP contribution in [0.5, 0.6) is 11.5 Å². The highest BCUT2D eigenvalue weighted by atomic mass is 35.5. The van der Waals surface area contributed by atoms with E-state index in [0.717, 1.165) is 42.8 Å². The lowest BCUT2D eigenvalue weighted by Crippen LogP contribution is -2.45. The molecule has 1 aromatic carbocycles. The molecule has 0 saturated heterocycles. The number of amides is 1. The average molecular weight is 557 g/mol. The summed E-state index contributed by atoms with van der Waals surface area (Å²) >= 11 is 8.09. The van der Waals surface area contributed by atoms with Crippen LogP contribution in [-0.2, 0) is 13.1 Å². The van der Waals surface area contributed by atoms with Gasteiger partial charge in [-0.05, 0) is 69.9 Å². The van der Waals surface area contributed by atoms with Crippen LogP contribution in [0.4, 0.5) is 0 Å². The summed E-state index contributed by atoms with van der Waals surface area (Å²) in [5, 5.41) is 7.56. The molecule has 1 unspecified atom stereocenters. The van der Waals surface area contributed by atoms with Crippen LogP contribution < -0.4 is 20.3 Å². The van der Waals surface area contributed by atoms with E-state index in [1.165, 1.54) is 11.8 Å². The van der Waals surface area contributed by atoms with Gasteiger partial charge in [0.05, 0.1) is 5.02 Å². The summed E-state index contributed by atoms with van der Waals surface area (Å²) in [5.41, 5.74) is 2.17. The standard InChI is InChI=1S/C28H33ClN4O4S/c1-16-12-23(38-4)21(27(35)32-16)14-30-26(34)20-13-22(29)25-24(17(20)2)36-28(3,37-25)19-8-6-18(7-9-19)15-33-11-5-10-31-33/h5,10-13,18-19H,6-9,14-15H2,1-4H3,(H,30,34)(H,32,35). The van der Waals surface area contributed by atoms with Crippen LogP contribution in [0.15, 0.2) is 40.3 Å². The van der Waals surface area contributed by atoms with Crippen molar-refractivity contribution in [2.24, 2.45) is 11.8 Å². The van der Waals surface area contributed by atoms with Crippen LogP contribution in [0.25, 0.3) is 0 Å². The second-order valence-corrected chi connectivity index (χ2v) is 11.6. The van der Waals surface area contributed by atoms with Crippen molar-refractivity contribution in [3.05, 3.63) is 68.4 Å². The number of halogens is 1. The minimum absolute atomic E-state index is 0.107. The zero-order chi connectivity index (χ0) is 27.0. The van der Waals surface area contributed by atoms with Crippen molar-refractivity contribution in [2.45, 2.75) is 70.2 Å². The van der Waals surface area contributed by atoms with Crippen molar-refractivity contribution in [3.63, 3.8) is 0 Å². The van der Waals surface area contributed by atoms with Gasteiger partial charge in [0, 0.05) is 65.6 Å². The number of rotatable bonds is 7. The van der Waals surface area contributed by atoms with Crippen LogP contribution >= 0.6 is 23.4 Å². The first-order valence-electron chi connectivity index (χ1n) is 12.9. The predicted molar refractivity (Wildman–Crippen MR) is 148 cm³/mol. The molecule has 8 nitrogen and oxygen atoms in total. The lowest BCUT2D eigenvalue weighted by Gasteiger charge is -2.37. The number of aromatic nitrogens is 3. The van der Waals surface area contributed by atoms with Crippen molar-refractivity contribution in [1.82, 2.24) is 20.1 Å². The van der Waals surface area contributed by atoms with Gasteiger partial charge in [0.15, 0.2) is 11.5 Å². The summed E-state index contributed by atoms with van der Waals surface area (Å²) in [6, 6.07) is 5.48. The maximum atomic E-state index is 13.2. The van der Waals surface area contributed by atoms with Gasteiger partial charge in [-0.2, -0.15) is 5.10 Å². The fourth-order valence-corrected chi connectivity index (χ4v) is 6.53. The van der Waals surface area contributed by atoms with Gasteiger partial charge >= 0.3 is 0 Å². The molecule has 1 aliphatic heterocycles. The lowest BCUT2D eigenvalue weighted by atomic mass is 9.78. The normalized spacial score (nSPS) is 22.4. The monoisotopic (exact) mass is 556 g/mol. The van der Waals surface area contributed by atoms with Gasteiger partial charge in [-0.25, -0.2) is 0 Å². The zero-order valence-electron chi connectivity index (χ0n) is 22.1. The number of fused-ring (bicyclic) bond motifs is 1. The Labute approximate surface area is 231 Å². The van der Waals surface area contributed by atoms with E-state index in [4.69, 9.17) is 21.1 Å². The van der Waals surface area contributed by atoms with Gasteiger partial charge in [0.25, 0.3) is 17.3 Å². The number of pyridine rings is 1. The van der Waals surface area contributed by atoms with E-state index in [9.17, 15) is 9.59 Å². The molecular formula is C28H33ClN4O4S. The fraction of sp³-hybridized carbons (Fsp3) is 0.464. The molecule has 1 aliphatic carbocycles. The smallest absolute Gasteiger partial charge is 0.254 e. The molecular weight excluding hydrogens is 524 g/mol. The molecule has 2 aromatic heterocycles. The number of carbonyl (C=O) groups excluding carboxylic acids is 1. The first kappa shape index (κ1) is 26.7. The molecule has 0 spiro atoms. The predicted octanol–water partition coefficient (Wildman–Crippen LogP) is 5.49. The molecule has 1 fully saturated rings. The van der Waals surface area contributed by atoms with Gasteiger partial charge < -0.3 is 19.8 Å². The number of aryl methyl sites for hydroxylation is 1. The second-order valence-electron chi connectivity index (χ2n) is 10.4. The van der Waals surface area contributed by atoms with Crippen molar-refractivity contribution >= 4 is 29.3 Å². The van der Waals surface area contributed by atoms with Crippen molar-refractivity contribution in [3.8, 4) is 11.5 Å². The summed E-state index contributed by atoms with van der Waals surface area (Å²) in [6.07, 6.45) is 9.82. The van der Waals surface area contributed by atoms with Crippen LogP contribution in [-0.4, -0.2) is 32.7 Å². The van der Waals surface area contributed by atoms with E-state index in [1.54, 1.807) is 6.07 Å². The SMILES string of the molecule is CSc1cc(C)[nH]c(=O)c1CNC(=O)c1cc(Cl)c2c(c1C)OC(C)(C1CCC(Cn3cccn3)CC1)O2. The fourth-order valence-electron chi connectivity index (χ4n) is 5.59. The molecule has 0 bridgehead atoms. The zero-order valence-corrected chi connectivity index (χ0v) is 23.7. The quantitative estimate of drug-likeness (QED) is 0.374. The Kier molecular flexibility index (Phi) is 7.51. The molecule has 3 aromatic rings. The van der Waals surface area contributed by atoms with Crippen molar-refractivity contribution in [1.29, 1.82) is 0 Å². The summed E-state index contributed by atoms with van der Waals surface area (Å²) in [7, 11) is 0. The summed E-state index contributed by atoms with van der Waals surface area (Å²) in [6.45, 7) is 6.67. The topological polar surface area (TPSA) is 98.2 Å². The highest BCUT2D eigenvalue weighted by molar-refractivity contribution is 7.98. The third kappa shape index (κ3) is 5.18. The largest absolute Gasteiger partial charge is 0.448 e. The summed E-state index contributed by atoms with van der Waals surface area (Å²) in [5.74, 6) is 0.616. The minimum Gasteiger partial charge on any atom is -0.448 e. The number of hydrogen-bond donors (Lipinski definition) is 2. The Balaban J connectivity index is 1.28. The number of benzene rings is 1. The molecule has 202 valence electrons. The third-order valence-electron chi connectivity index (χ3n) is 7.76. The molecule has 1 atom stereocenters. The third-order valence-corrected chi connectivity index (χ3v) is 8.85. The first-order chi connectivity index (χ1) is 18.2. The van der Waals surface area contributed by atoms with Crippen molar-refractivity contribution in [2.75, 3.05) is 6.26 Å². The van der Waals surface area contributed by atoms with E-state index in [-0.39, 0.29) is 23.9 Å². The van der Waals surface area contributed by atoms with Gasteiger partial charge in [-0.15, -0.1) is 11.8 Å². The molecule has 1 saturated carbocycles. The summed E-state index contributed by atoms with van der Waals surface area (Å²) in [4.78, 5) is 29.3. The molecule has 3 heterocycles. The van der Waals surface area contributed by atoms with E-state index < -0.39 is 5.79 Å². The number of thioether (sulfide) groups is 1. The highest BCUT2D eigenvalue weighted by Crippen LogP contribution is 2.52. The molecule has 5 rings (SSSR count). The van der Waals surface area contributed by atoms with Crippen LogP contribution in [0.1, 0.15) is 59.8 Å². The molecule has 2 aliphatic rings. The summed E-state index contributed by atoms with van der Waals surface area (Å²) < 4.78 is 14.8. The van der Waals surface area contributed by atoms with Crippen LogP contribution in [0.3, 0.4) is 0 Å². The van der Waals surface area contributed by atoms with E-state index in [1.807, 2.05) is 56.2 Å². The number of carbonyl (C=O) groups is 1. The van der Waals surface area contributed by atoms with Gasteiger partial charge in [0.1, 0.15) is 0 Å². The van der Waals surface area contributed by atoms with Gasteiger partial charge in [-0.3, -0.25) is 14.3 Å². The van der Waals surface area contributed by atoms with E-state index >= 15 is 0 Å². The van der Waals surface area contributed by atoms with Gasteiger partial charge in [0.2, 0.25) is 0 Å².